The second kappa shape index (κ2) is 19.1. The van der Waals surface area contributed by atoms with Crippen molar-refractivity contribution in [3.05, 3.63) is 35.9 Å². The molecule has 2 rings (SSSR count). The fourth-order valence-electron chi connectivity index (χ4n) is 6.67. The van der Waals surface area contributed by atoms with E-state index in [0.29, 0.717) is 24.9 Å². The number of benzene rings is 1. The van der Waals surface area contributed by atoms with Gasteiger partial charge in [0.2, 0.25) is 23.6 Å². The Hall–Kier alpha value is -3.06. The summed E-state index contributed by atoms with van der Waals surface area (Å²) in [5.41, 5.74) is 0.698. The maximum atomic E-state index is 13.7. The molecule has 4 amide bonds. The average Bonchev–Trinajstić information content (AvgIpc) is 3.53. The van der Waals surface area contributed by atoms with Crippen LogP contribution in [0.2, 0.25) is 0 Å². The van der Waals surface area contributed by atoms with Gasteiger partial charge in [-0.15, -0.1) is 0 Å². The van der Waals surface area contributed by atoms with Crippen LogP contribution < -0.4 is 16.0 Å². The predicted octanol–water partition coefficient (Wildman–Crippen LogP) is 1.85. The zero-order chi connectivity index (χ0) is 35.4. The number of hydrogen-bond acceptors (Lipinski definition) is 8. The Kier molecular flexibility index (Phi) is 16.3. The van der Waals surface area contributed by atoms with Crippen LogP contribution in [0.15, 0.2) is 30.3 Å². The van der Waals surface area contributed by atoms with Crippen LogP contribution in [0.5, 0.6) is 0 Å². The number of aliphatic hydroxyl groups excluding tert-OH is 2. The molecule has 1 saturated heterocycles. The van der Waals surface area contributed by atoms with E-state index in [2.05, 4.69) is 16.0 Å². The molecule has 5 N–H and O–H groups in total. The molecule has 0 aliphatic carbocycles. The van der Waals surface area contributed by atoms with Gasteiger partial charge in [0.1, 0.15) is 0 Å². The molecule has 9 atom stereocenters. The van der Waals surface area contributed by atoms with Crippen LogP contribution in [0.25, 0.3) is 0 Å². The van der Waals surface area contributed by atoms with Crippen molar-refractivity contribution in [1.82, 2.24) is 25.8 Å². The Balaban J connectivity index is 2.09. The number of likely N-dealkylation sites (tertiary alicyclic amines) is 1. The van der Waals surface area contributed by atoms with E-state index in [1.807, 2.05) is 45.9 Å². The lowest BCUT2D eigenvalue weighted by molar-refractivity contribution is -0.145. The molecule has 1 aliphatic rings. The largest absolute Gasteiger partial charge is 0.390 e. The number of carbonyl (C=O) groups is 4. The van der Waals surface area contributed by atoms with Crippen LogP contribution in [0.1, 0.15) is 78.9 Å². The first-order chi connectivity index (χ1) is 22.2. The molecule has 266 valence electrons. The maximum Gasteiger partial charge on any atom is 0.242 e. The Morgan fingerprint density at radius 1 is 1.04 bits per heavy atom. The van der Waals surface area contributed by atoms with Crippen LogP contribution in [0, 0.1) is 17.8 Å². The fraction of sp³-hybridized carbons (Fsp3) is 0.714. The zero-order valence-corrected chi connectivity index (χ0v) is 29.7. The van der Waals surface area contributed by atoms with E-state index in [4.69, 9.17) is 4.74 Å². The van der Waals surface area contributed by atoms with E-state index >= 15 is 0 Å². The smallest absolute Gasteiger partial charge is 0.242 e. The van der Waals surface area contributed by atoms with Crippen LogP contribution in [0.4, 0.5) is 0 Å². The number of hydrogen-bond donors (Lipinski definition) is 5. The van der Waals surface area contributed by atoms with E-state index in [0.717, 1.165) is 6.42 Å². The normalized spacial score (nSPS) is 20.0. The summed E-state index contributed by atoms with van der Waals surface area (Å²) in [6, 6.07) is 7.09. The minimum Gasteiger partial charge on any atom is -0.390 e. The molecule has 1 fully saturated rings. The van der Waals surface area contributed by atoms with E-state index in [1.54, 1.807) is 45.0 Å². The molecule has 0 radical (unpaired) electrons. The molecule has 12 nitrogen and oxygen atoms in total. The number of likely N-dealkylation sites (N-methyl/N-ethyl adjacent to an activating group) is 2. The van der Waals surface area contributed by atoms with Crippen molar-refractivity contribution in [3.8, 4) is 0 Å². The third-order valence-electron chi connectivity index (χ3n) is 9.68. The Morgan fingerprint density at radius 3 is 2.23 bits per heavy atom. The number of rotatable bonds is 18. The Bertz CT molecular complexity index is 1150. The monoisotopic (exact) mass is 661 g/mol. The molecule has 0 saturated carbocycles. The molecule has 1 aromatic carbocycles. The highest BCUT2D eigenvalue weighted by molar-refractivity contribution is 5.87. The van der Waals surface area contributed by atoms with E-state index < -0.39 is 42.4 Å². The van der Waals surface area contributed by atoms with Crippen LogP contribution >= 0.6 is 0 Å². The predicted molar refractivity (Wildman–Crippen MR) is 181 cm³/mol. The zero-order valence-electron chi connectivity index (χ0n) is 29.7. The van der Waals surface area contributed by atoms with Crippen molar-refractivity contribution >= 4 is 23.6 Å². The topological polar surface area (TPSA) is 161 Å². The van der Waals surface area contributed by atoms with E-state index in [9.17, 15) is 29.4 Å². The number of nitrogens with one attached hydrogen (secondary N) is 3. The first-order valence-electron chi connectivity index (χ1n) is 16.9. The number of methoxy groups -OCH3 is 1. The van der Waals surface area contributed by atoms with Gasteiger partial charge in [-0.25, -0.2) is 0 Å². The van der Waals surface area contributed by atoms with Crippen molar-refractivity contribution in [2.75, 3.05) is 34.3 Å². The number of nitrogens with zero attached hydrogens (tertiary/aromatic N) is 2. The standard InChI is InChI=1S/C35H59N5O7/c1-10-22(4)31(39(8)29(43)20-37-35(46)30(36-7)21(2)3)27(41)19-28(42)40-18-14-17-26(40)33(47-9)23(5)34(45)38-24(6)32(44)25-15-12-11-13-16-25/h11-13,15-16,21-24,26-27,30-33,36,41,44H,10,14,17-20H2,1-9H3,(H,37,46)(H,38,45). The lowest BCUT2D eigenvalue weighted by Gasteiger charge is -2.38. The number of aliphatic hydroxyl groups is 2. The Morgan fingerprint density at radius 2 is 1.68 bits per heavy atom. The summed E-state index contributed by atoms with van der Waals surface area (Å²) in [7, 11) is 4.80. The number of amides is 4. The molecule has 47 heavy (non-hydrogen) atoms. The van der Waals surface area contributed by atoms with E-state index in [1.165, 1.54) is 12.0 Å². The first kappa shape index (κ1) is 40.1. The summed E-state index contributed by atoms with van der Waals surface area (Å²) in [4.78, 5) is 55.9. The minimum atomic E-state index is -1.15. The molecule has 12 heteroatoms. The van der Waals surface area contributed by atoms with Gasteiger partial charge in [-0.1, -0.05) is 71.4 Å². The summed E-state index contributed by atoms with van der Waals surface area (Å²) < 4.78 is 5.82. The molecular formula is C35H59N5O7. The molecule has 1 aliphatic heterocycles. The lowest BCUT2D eigenvalue weighted by atomic mass is 9.90. The van der Waals surface area contributed by atoms with E-state index in [-0.39, 0.29) is 54.5 Å². The molecule has 0 aromatic heterocycles. The van der Waals surface area contributed by atoms with Crippen LogP contribution in [-0.2, 0) is 23.9 Å². The first-order valence-corrected chi connectivity index (χ1v) is 16.9. The molecular weight excluding hydrogens is 602 g/mol. The number of carbonyl (C=O) groups excluding carboxylic acids is 4. The SMILES string of the molecule is CCC(C)C(C(O)CC(=O)N1CCCC1C(OC)C(C)C(=O)NC(C)C(O)c1ccccc1)N(C)C(=O)CNC(=O)C(NC)C(C)C. The van der Waals surface area contributed by atoms with Gasteiger partial charge in [-0.3, -0.25) is 19.2 Å². The Labute approximate surface area is 281 Å². The van der Waals surface area contributed by atoms with Crippen molar-refractivity contribution < 1.29 is 34.1 Å². The molecule has 9 unspecified atom stereocenters. The molecule has 0 bridgehead atoms. The van der Waals surface area contributed by atoms with Crippen LogP contribution in [-0.4, -0.2) is 114 Å². The summed E-state index contributed by atoms with van der Waals surface area (Å²) in [5.74, 6) is -1.93. The summed E-state index contributed by atoms with van der Waals surface area (Å²) in [6.07, 6.45) is -0.822. The summed E-state index contributed by atoms with van der Waals surface area (Å²) >= 11 is 0. The van der Waals surface area contributed by atoms with Crippen molar-refractivity contribution in [2.45, 2.75) is 110 Å². The summed E-state index contributed by atoms with van der Waals surface area (Å²) in [6.45, 7) is 11.4. The van der Waals surface area contributed by atoms with Gasteiger partial charge in [-0.2, -0.15) is 0 Å². The van der Waals surface area contributed by atoms with Crippen molar-refractivity contribution in [3.63, 3.8) is 0 Å². The highest BCUT2D eigenvalue weighted by Gasteiger charge is 2.42. The van der Waals surface area contributed by atoms with Gasteiger partial charge < -0.3 is 40.7 Å². The van der Waals surface area contributed by atoms with Gasteiger partial charge in [0.15, 0.2) is 0 Å². The van der Waals surface area contributed by atoms with Crippen molar-refractivity contribution in [2.24, 2.45) is 17.8 Å². The second-order valence-electron chi connectivity index (χ2n) is 13.3. The van der Waals surface area contributed by atoms with Crippen molar-refractivity contribution in [1.29, 1.82) is 0 Å². The fourth-order valence-corrected chi connectivity index (χ4v) is 6.67. The van der Waals surface area contributed by atoms with Gasteiger partial charge in [-0.05, 0) is 44.2 Å². The average molecular weight is 662 g/mol. The van der Waals surface area contributed by atoms with Gasteiger partial charge >= 0.3 is 0 Å². The highest BCUT2D eigenvalue weighted by atomic mass is 16.5. The minimum absolute atomic E-state index is 0.0362. The molecule has 0 spiro atoms. The maximum absolute atomic E-state index is 13.7. The second-order valence-corrected chi connectivity index (χ2v) is 13.3. The number of ether oxygens (including phenoxy) is 1. The van der Waals surface area contributed by atoms with Gasteiger partial charge in [0.05, 0.1) is 61.4 Å². The van der Waals surface area contributed by atoms with Gasteiger partial charge in [0.25, 0.3) is 0 Å². The lowest BCUT2D eigenvalue weighted by Crippen LogP contribution is -2.55. The quantitative estimate of drug-likeness (QED) is 0.159. The summed E-state index contributed by atoms with van der Waals surface area (Å²) in [5, 5.41) is 30.7. The molecule has 1 aromatic rings. The highest BCUT2D eigenvalue weighted by Crippen LogP contribution is 2.29. The third-order valence-corrected chi connectivity index (χ3v) is 9.68. The van der Waals surface area contributed by atoms with Gasteiger partial charge in [0, 0.05) is 20.7 Å². The van der Waals surface area contributed by atoms with Crippen LogP contribution in [0.3, 0.4) is 0 Å². The third kappa shape index (κ3) is 10.7. The molecule has 1 heterocycles.